The first kappa shape index (κ1) is 41.2. The highest BCUT2D eigenvalue weighted by atomic mass is 32.1. The van der Waals surface area contributed by atoms with Gasteiger partial charge in [0.2, 0.25) is 0 Å². The van der Waals surface area contributed by atoms with Crippen molar-refractivity contribution >= 4 is 65.6 Å². The lowest BCUT2D eigenvalue weighted by atomic mass is 10.1. The molecule has 3 aromatic carbocycles. The predicted octanol–water partition coefficient (Wildman–Crippen LogP) is 15.3. The van der Waals surface area contributed by atoms with Crippen molar-refractivity contribution in [3.63, 3.8) is 0 Å². The Bertz CT molecular complexity index is 1920. The van der Waals surface area contributed by atoms with E-state index >= 15 is 0 Å². The molecule has 0 atom stereocenters. The van der Waals surface area contributed by atoms with Crippen molar-refractivity contribution in [1.82, 2.24) is 8.75 Å². The molecule has 9 heteroatoms. The molecular formula is C46H60N2O4S3. The van der Waals surface area contributed by atoms with Crippen molar-refractivity contribution in [3.8, 4) is 43.9 Å². The smallest absolute Gasteiger partial charge is 0.128 e. The van der Waals surface area contributed by atoms with Crippen LogP contribution in [0.2, 0.25) is 0 Å². The summed E-state index contributed by atoms with van der Waals surface area (Å²) in [5, 5.41) is 2.28. The Labute approximate surface area is 340 Å². The highest BCUT2D eigenvalue weighted by molar-refractivity contribution is 7.30. The number of unbranched alkanes of at least 4 members (excludes halogenated alkanes) is 12. The van der Waals surface area contributed by atoms with Crippen LogP contribution < -0.4 is 18.9 Å². The molecule has 6 aromatic rings. The second-order valence-electron chi connectivity index (χ2n) is 14.6. The van der Waals surface area contributed by atoms with Crippen molar-refractivity contribution in [1.29, 1.82) is 0 Å². The van der Waals surface area contributed by atoms with Gasteiger partial charge in [-0.15, -0.1) is 22.7 Å². The molecule has 0 saturated heterocycles. The first-order chi connectivity index (χ1) is 27.1. The highest BCUT2D eigenvalue weighted by Crippen LogP contribution is 2.50. The normalized spacial score (nSPS) is 11.6. The lowest BCUT2D eigenvalue weighted by Crippen LogP contribution is -2.00. The van der Waals surface area contributed by atoms with E-state index in [1.807, 2.05) is 22.7 Å². The van der Waals surface area contributed by atoms with Crippen LogP contribution in [0.15, 0.2) is 48.5 Å². The number of hydrogen-bond donors (Lipinski definition) is 0. The molecule has 0 saturated carbocycles. The van der Waals surface area contributed by atoms with Crippen LogP contribution in [0.4, 0.5) is 0 Å². The molecule has 0 aliphatic heterocycles. The molecular weight excluding hydrogens is 741 g/mol. The summed E-state index contributed by atoms with van der Waals surface area (Å²) in [4.78, 5) is 2.31. The minimum atomic E-state index is 0.707. The third-order valence-corrected chi connectivity index (χ3v) is 13.2. The molecule has 0 unspecified atom stereocenters. The van der Waals surface area contributed by atoms with Gasteiger partial charge in [-0.05, 0) is 74.2 Å². The summed E-state index contributed by atoms with van der Waals surface area (Å²) in [6, 6.07) is 17.3. The molecule has 0 fully saturated rings. The van der Waals surface area contributed by atoms with E-state index in [0.29, 0.717) is 13.2 Å². The van der Waals surface area contributed by atoms with Crippen LogP contribution in [0.5, 0.6) is 23.0 Å². The third-order valence-electron chi connectivity index (χ3n) is 10.1. The number of fused-ring (bicyclic) bond motifs is 6. The fourth-order valence-electron chi connectivity index (χ4n) is 6.97. The Balaban J connectivity index is 1.37. The van der Waals surface area contributed by atoms with Gasteiger partial charge < -0.3 is 18.9 Å². The fourth-order valence-corrected chi connectivity index (χ4v) is 10.1. The quantitative estimate of drug-likeness (QED) is 0.0509. The number of ether oxygens (including phenoxy) is 4. The van der Waals surface area contributed by atoms with Gasteiger partial charge in [0.25, 0.3) is 0 Å². The molecule has 296 valence electrons. The zero-order valence-electron chi connectivity index (χ0n) is 33.5. The minimum Gasteiger partial charge on any atom is -0.494 e. The first-order valence-corrected chi connectivity index (χ1v) is 23.4. The van der Waals surface area contributed by atoms with Gasteiger partial charge in [0.15, 0.2) is 0 Å². The number of aromatic nitrogens is 2. The van der Waals surface area contributed by atoms with Crippen LogP contribution in [0.1, 0.15) is 130 Å². The fraction of sp³-hybridized carbons (Fsp3) is 0.522. The largest absolute Gasteiger partial charge is 0.494 e. The molecule has 0 aliphatic rings. The van der Waals surface area contributed by atoms with Gasteiger partial charge in [-0.3, -0.25) is 0 Å². The van der Waals surface area contributed by atoms with Crippen LogP contribution in [0.25, 0.3) is 52.1 Å². The maximum Gasteiger partial charge on any atom is 0.128 e. The van der Waals surface area contributed by atoms with E-state index < -0.39 is 0 Å². The molecule has 0 spiro atoms. The van der Waals surface area contributed by atoms with Crippen LogP contribution in [-0.4, -0.2) is 35.2 Å². The molecule has 0 radical (unpaired) electrons. The summed E-state index contributed by atoms with van der Waals surface area (Å²) in [5.74, 6) is 3.59. The topological polar surface area (TPSA) is 62.7 Å². The summed E-state index contributed by atoms with van der Waals surface area (Å²) in [7, 11) is 0. The van der Waals surface area contributed by atoms with Gasteiger partial charge in [-0.25, -0.2) is 0 Å². The van der Waals surface area contributed by atoms with Crippen molar-refractivity contribution in [2.75, 3.05) is 26.4 Å². The number of thiophene rings is 2. The van der Waals surface area contributed by atoms with Gasteiger partial charge >= 0.3 is 0 Å². The predicted molar refractivity (Wildman–Crippen MR) is 238 cm³/mol. The minimum absolute atomic E-state index is 0.707. The number of hydrogen-bond acceptors (Lipinski definition) is 9. The van der Waals surface area contributed by atoms with E-state index in [1.54, 1.807) is 0 Å². The summed E-state index contributed by atoms with van der Waals surface area (Å²) < 4.78 is 37.8. The molecule has 3 aromatic heterocycles. The molecule has 55 heavy (non-hydrogen) atoms. The number of benzene rings is 3. The van der Waals surface area contributed by atoms with E-state index in [4.69, 9.17) is 27.7 Å². The third kappa shape index (κ3) is 10.9. The van der Waals surface area contributed by atoms with Gasteiger partial charge in [-0.1, -0.05) is 105 Å². The summed E-state index contributed by atoms with van der Waals surface area (Å²) >= 11 is 4.92. The van der Waals surface area contributed by atoms with Crippen LogP contribution in [-0.2, 0) is 0 Å². The Kier molecular flexibility index (Phi) is 16.3. The standard InChI is InChI=1S/C46H60N2O4S3/c1-5-9-13-17-25-49-33-21-23-39(51-27-19-15-11-7-3)35(29-33)41-31-37-43-44(48-55-47-43)38-32-42(54-46(38)45(37)53-41)36-30-34(50-26-18-14-10-6-2)22-24-40(36)52-28-20-16-12-8-4/h21-24,29-32H,5-20,25-28H2,1-4H3. The van der Waals surface area contributed by atoms with Gasteiger partial charge in [-0.2, -0.15) is 8.75 Å². The zero-order valence-corrected chi connectivity index (χ0v) is 36.0. The summed E-state index contributed by atoms with van der Waals surface area (Å²) in [6.07, 6.45) is 18.8. The second-order valence-corrected chi connectivity index (χ2v) is 17.3. The molecule has 0 aliphatic carbocycles. The first-order valence-electron chi connectivity index (χ1n) is 21.1. The van der Waals surface area contributed by atoms with Crippen LogP contribution in [0, 0.1) is 0 Å². The maximum atomic E-state index is 6.50. The van der Waals surface area contributed by atoms with Crippen molar-refractivity contribution in [2.45, 2.75) is 130 Å². The van der Waals surface area contributed by atoms with Gasteiger partial charge in [0.05, 0.1) is 47.6 Å². The molecule has 0 amide bonds. The summed E-state index contributed by atoms with van der Waals surface area (Å²) in [5.41, 5.74) is 4.07. The molecule has 6 rings (SSSR count). The average Bonchev–Trinajstić information content (AvgIpc) is 3.97. The van der Waals surface area contributed by atoms with Gasteiger partial charge in [0.1, 0.15) is 34.0 Å². The number of nitrogens with zero attached hydrogens (tertiary/aromatic N) is 2. The van der Waals surface area contributed by atoms with E-state index in [1.165, 1.54) is 98.2 Å². The Morgan fingerprint density at radius 3 is 1.20 bits per heavy atom. The monoisotopic (exact) mass is 800 g/mol. The summed E-state index contributed by atoms with van der Waals surface area (Å²) in [6.45, 7) is 11.8. The Morgan fingerprint density at radius 2 is 0.818 bits per heavy atom. The lowest BCUT2D eigenvalue weighted by molar-refractivity contribution is 0.298. The Hall–Kier alpha value is -3.40. The number of rotatable bonds is 26. The zero-order chi connectivity index (χ0) is 38.2. The van der Waals surface area contributed by atoms with Crippen LogP contribution in [0.3, 0.4) is 0 Å². The van der Waals surface area contributed by atoms with E-state index in [9.17, 15) is 0 Å². The second kappa shape index (κ2) is 21.8. The molecule has 6 nitrogen and oxygen atoms in total. The molecule has 0 bridgehead atoms. The van der Waals surface area contributed by atoms with Crippen molar-refractivity contribution in [3.05, 3.63) is 48.5 Å². The average molecular weight is 801 g/mol. The van der Waals surface area contributed by atoms with Gasteiger partial charge in [0, 0.05) is 31.7 Å². The Morgan fingerprint density at radius 1 is 0.436 bits per heavy atom. The SMILES string of the molecule is CCCCCCOc1ccc(OCCCCCC)c(-c2cc3c4nsnc4c4cc(-c5cc(OCCCCCC)ccc5OCCCCCC)sc4c3s2)c1. The molecule has 3 heterocycles. The molecule has 0 N–H and O–H groups in total. The van der Waals surface area contributed by atoms with E-state index in [0.717, 1.165) is 105 Å². The maximum absolute atomic E-state index is 6.50. The van der Waals surface area contributed by atoms with E-state index in [2.05, 4.69) is 76.2 Å². The van der Waals surface area contributed by atoms with Crippen molar-refractivity contribution in [2.24, 2.45) is 0 Å². The van der Waals surface area contributed by atoms with E-state index in [-0.39, 0.29) is 0 Å². The lowest BCUT2D eigenvalue weighted by Gasteiger charge is -2.13. The highest BCUT2D eigenvalue weighted by Gasteiger charge is 2.22. The van der Waals surface area contributed by atoms with Crippen LogP contribution >= 0.6 is 34.4 Å². The van der Waals surface area contributed by atoms with Crippen molar-refractivity contribution < 1.29 is 18.9 Å².